The highest BCUT2D eigenvalue weighted by molar-refractivity contribution is 9.10. The Hall–Kier alpha value is -2.00. The molecule has 0 bridgehead atoms. The summed E-state index contributed by atoms with van der Waals surface area (Å²) in [7, 11) is 4.98. The van der Waals surface area contributed by atoms with Crippen LogP contribution in [0.2, 0.25) is 0 Å². The Morgan fingerprint density at radius 3 is 2.58 bits per heavy atom. The number of hydrogen-bond acceptors (Lipinski definition) is 4. The van der Waals surface area contributed by atoms with Crippen molar-refractivity contribution in [1.29, 1.82) is 5.26 Å². The van der Waals surface area contributed by atoms with Crippen LogP contribution in [0.1, 0.15) is 5.69 Å². The van der Waals surface area contributed by atoms with Gasteiger partial charge >= 0.3 is 0 Å². The minimum absolute atomic E-state index is 0.336. The van der Waals surface area contributed by atoms with Crippen LogP contribution in [0.4, 0.5) is 0 Å². The van der Waals surface area contributed by atoms with Crippen LogP contribution in [0.5, 0.6) is 11.5 Å². The number of halogens is 1. The van der Waals surface area contributed by atoms with Crippen molar-refractivity contribution in [2.75, 3.05) is 14.2 Å². The third-order valence-electron chi connectivity index (χ3n) is 2.76. The van der Waals surface area contributed by atoms with Gasteiger partial charge in [0.15, 0.2) is 5.69 Å². The van der Waals surface area contributed by atoms with Crippen LogP contribution in [0.3, 0.4) is 0 Å². The van der Waals surface area contributed by atoms with E-state index in [0.717, 1.165) is 11.3 Å². The summed E-state index contributed by atoms with van der Waals surface area (Å²) in [4.78, 5) is 0. The Bertz CT molecular complexity index is 659. The number of benzene rings is 1. The van der Waals surface area contributed by atoms with Gasteiger partial charge in [-0.05, 0) is 34.1 Å². The van der Waals surface area contributed by atoms with Gasteiger partial charge in [0.1, 0.15) is 17.6 Å². The molecule has 0 atom stereocenters. The molecule has 0 spiro atoms. The molecule has 0 unspecified atom stereocenters. The van der Waals surface area contributed by atoms with Crippen LogP contribution in [0.25, 0.3) is 11.3 Å². The molecule has 0 aliphatic heterocycles. The SMILES string of the molecule is COc1ccc(OC)c(-c2c(Br)c(C#N)nn2C)c1. The van der Waals surface area contributed by atoms with E-state index in [4.69, 9.17) is 14.7 Å². The smallest absolute Gasteiger partial charge is 0.177 e. The van der Waals surface area contributed by atoms with E-state index in [-0.39, 0.29) is 0 Å². The Labute approximate surface area is 119 Å². The van der Waals surface area contributed by atoms with E-state index in [1.54, 1.807) is 25.9 Å². The van der Waals surface area contributed by atoms with Crippen molar-refractivity contribution < 1.29 is 9.47 Å². The molecular formula is C13H12BrN3O2. The molecule has 0 fully saturated rings. The lowest BCUT2D eigenvalue weighted by Gasteiger charge is -2.11. The van der Waals surface area contributed by atoms with Crippen molar-refractivity contribution >= 4 is 15.9 Å². The molecule has 0 saturated carbocycles. The van der Waals surface area contributed by atoms with Gasteiger partial charge in [-0.25, -0.2) is 0 Å². The zero-order chi connectivity index (χ0) is 14.0. The van der Waals surface area contributed by atoms with Gasteiger partial charge in [-0.2, -0.15) is 10.4 Å². The third-order valence-corrected chi connectivity index (χ3v) is 3.51. The zero-order valence-corrected chi connectivity index (χ0v) is 12.4. The number of rotatable bonds is 3. The first-order valence-electron chi connectivity index (χ1n) is 5.47. The number of hydrogen-bond donors (Lipinski definition) is 0. The normalized spacial score (nSPS) is 10.1. The molecule has 5 nitrogen and oxygen atoms in total. The molecule has 2 aromatic rings. The van der Waals surface area contributed by atoms with Crippen molar-refractivity contribution in [1.82, 2.24) is 9.78 Å². The summed E-state index contributed by atoms with van der Waals surface area (Å²) >= 11 is 3.41. The number of methoxy groups -OCH3 is 2. The highest BCUT2D eigenvalue weighted by atomic mass is 79.9. The summed E-state index contributed by atoms with van der Waals surface area (Å²) in [5, 5.41) is 13.2. The average molecular weight is 322 g/mol. The van der Waals surface area contributed by atoms with Crippen molar-refractivity contribution in [3.63, 3.8) is 0 Å². The summed E-state index contributed by atoms with van der Waals surface area (Å²) in [5.74, 6) is 1.40. The van der Waals surface area contributed by atoms with E-state index in [1.807, 2.05) is 24.3 Å². The summed E-state index contributed by atoms with van der Waals surface area (Å²) in [5.41, 5.74) is 1.92. The second-order valence-electron chi connectivity index (χ2n) is 3.81. The Kier molecular flexibility index (Phi) is 3.76. The average Bonchev–Trinajstić information content (AvgIpc) is 2.72. The third kappa shape index (κ3) is 2.29. The lowest BCUT2D eigenvalue weighted by Crippen LogP contribution is -1.97. The van der Waals surface area contributed by atoms with Crippen LogP contribution in [0, 0.1) is 11.3 Å². The lowest BCUT2D eigenvalue weighted by atomic mass is 10.1. The second kappa shape index (κ2) is 5.33. The van der Waals surface area contributed by atoms with Gasteiger partial charge in [-0.3, -0.25) is 4.68 Å². The first kappa shape index (κ1) is 13.4. The van der Waals surface area contributed by atoms with Gasteiger partial charge < -0.3 is 9.47 Å². The van der Waals surface area contributed by atoms with E-state index in [1.165, 1.54) is 0 Å². The van der Waals surface area contributed by atoms with E-state index in [9.17, 15) is 0 Å². The van der Waals surface area contributed by atoms with E-state index in [0.29, 0.717) is 21.7 Å². The first-order valence-corrected chi connectivity index (χ1v) is 6.26. The number of aromatic nitrogens is 2. The highest BCUT2D eigenvalue weighted by Gasteiger charge is 2.19. The molecule has 0 saturated heterocycles. The molecule has 98 valence electrons. The van der Waals surface area contributed by atoms with Crippen LogP contribution in [-0.4, -0.2) is 24.0 Å². The number of aryl methyl sites for hydroxylation is 1. The topological polar surface area (TPSA) is 60.1 Å². The van der Waals surface area contributed by atoms with E-state index in [2.05, 4.69) is 21.0 Å². The van der Waals surface area contributed by atoms with Crippen LogP contribution < -0.4 is 9.47 Å². The maximum atomic E-state index is 9.02. The fourth-order valence-electron chi connectivity index (χ4n) is 1.86. The molecule has 0 radical (unpaired) electrons. The summed E-state index contributed by atoms with van der Waals surface area (Å²) in [6, 6.07) is 7.53. The minimum Gasteiger partial charge on any atom is -0.497 e. The monoisotopic (exact) mass is 321 g/mol. The Morgan fingerprint density at radius 2 is 2.05 bits per heavy atom. The molecule has 1 aromatic heterocycles. The zero-order valence-electron chi connectivity index (χ0n) is 10.8. The number of nitrogens with zero attached hydrogens (tertiary/aromatic N) is 3. The van der Waals surface area contributed by atoms with Crippen molar-refractivity contribution in [2.24, 2.45) is 7.05 Å². The number of nitriles is 1. The molecule has 0 aliphatic rings. The van der Waals surface area contributed by atoms with Gasteiger partial charge in [0.05, 0.1) is 24.4 Å². The minimum atomic E-state index is 0.336. The van der Waals surface area contributed by atoms with Gasteiger partial charge in [0, 0.05) is 12.6 Å². The summed E-state index contributed by atoms with van der Waals surface area (Å²) < 4.78 is 12.9. The van der Waals surface area contributed by atoms with Gasteiger partial charge in [-0.1, -0.05) is 0 Å². The van der Waals surface area contributed by atoms with Crippen LogP contribution in [-0.2, 0) is 7.05 Å². The largest absolute Gasteiger partial charge is 0.497 e. The van der Waals surface area contributed by atoms with Crippen molar-refractivity contribution in [3.05, 3.63) is 28.4 Å². The molecule has 6 heteroatoms. The molecule has 1 aromatic carbocycles. The van der Waals surface area contributed by atoms with Gasteiger partial charge in [-0.15, -0.1) is 0 Å². The quantitative estimate of drug-likeness (QED) is 0.872. The van der Waals surface area contributed by atoms with Crippen molar-refractivity contribution in [2.45, 2.75) is 0 Å². The van der Waals surface area contributed by atoms with Crippen LogP contribution in [0.15, 0.2) is 22.7 Å². The highest BCUT2D eigenvalue weighted by Crippen LogP contribution is 2.38. The first-order chi connectivity index (χ1) is 9.12. The van der Waals surface area contributed by atoms with Gasteiger partial charge in [0.2, 0.25) is 0 Å². The molecule has 2 rings (SSSR count). The molecule has 0 N–H and O–H groups in total. The second-order valence-corrected chi connectivity index (χ2v) is 4.61. The maximum Gasteiger partial charge on any atom is 0.177 e. The predicted octanol–water partition coefficient (Wildman–Crippen LogP) is 2.74. The lowest BCUT2D eigenvalue weighted by molar-refractivity contribution is 0.404. The predicted molar refractivity (Wildman–Crippen MR) is 74.2 cm³/mol. The van der Waals surface area contributed by atoms with Crippen LogP contribution >= 0.6 is 15.9 Å². The molecule has 1 heterocycles. The molecule has 19 heavy (non-hydrogen) atoms. The van der Waals surface area contributed by atoms with Crippen molar-refractivity contribution in [3.8, 4) is 28.8 Å². The van der Waals surface area contributed by atoms with Gasteiger partial charge in [0.25, 0.3) is 0 Å². The maximum absolute atomic E-state index is 9.02. The van der Waals surface area contributed by atoms with E-state index >= 15 is 0 Å². The number of ether oxygens (including phenoxy) is 2. The fourth-order valence-corrected chi connectivity index (χ4v) is 2.50. The Morgan fingerprint density at radius 1 is 1.32 bits per heavy atom. The Balaban J connectivity index is 2.71. The summed E-state index contributed by atoms with van der Waals surface area (Å²) in [6.07, 6.45) is 0. The molecule has 0 amide bonds. The fraction of sp³-hybridized carbons (Fsp3) is 0.231. The standard InChI is InChI=1S/C13H12BrN3O2/c1-17-13(12(14)10(7-15)16-17)9-6-8(18-2)4-5-11(9)19-3/h4-6H,1-3H3. The summed E-state index contributed by atoms with van der Waals surface area (Å²) in [6.45, 7) is 0. The van der Waals surface area contributed by atoms with E-state index < -0.39 is 0 Å². The molecule has 0 aliphatic carbocycles. The molecular weight excluding hydrogens is 310 g/mol.